The Labute approximate surface area is 197 Å². The van der Waals surface area contributed by atoms with E-state index in [9.17, 15) is 14.7 Å². The van der Waals surface area contributed by atoms with Crippen LogP contribution in [0.3, 0.4) is 0 Å². The molecule has 2 aromatic carbocycles. The third-order valence-electron chi connectivity index (χ3n) is 7.21. The van der Waals surface area contributed by atoms with Crippen LogP contribution in [0.1, 0.15) is 46.9 Å². The largest absolute Gasteiger partial charge is 0.502 e. The summed E-state index contributed by atoms with van der Waals surface area (Å²) in [5.41, 5.74) is 0.901. The normalized spacial score (nSPS) is 21.5. The zero-order valence-electron chi connectivity index (χ0n) is 18.6. The van der Waals surface area contributed by atoms with E-state index >= 15 is 0 Å². The number of carbonyl (C=O) groups excluding carboxylic acids is 1. The van der Waals surface area contributed by atoms with Gasteiger partial charge in [-0.2, -0.15) is 0 Å². The van der Waals surface area contributed by atoms with E-state index < -0.39 is 16.7 Å². The van der Waals surface area contributed by atoms with Crippen molar-refractivity contribution in [2.24, 2.45) is 0 Å². The average Bonchev–Trinajstić information content (AvgIpc) is 2.85. The van der Waals surface area contributed by atoms with Crippen LogP contribution in [0.5, 0.6) is 11.5 Å². The second kappa shape index (κ2) is 7.80. The minimum Gasteiger partial charge on any atom is -0.502 e. The lowest BCUT2D eigenvalue weighted by Gasteiger charge is -2.53. The van der Waals surface area contributed by atoms with Crippen LogP contribution in [0, 0.1) is 0 Å². The van der Waals surface area contributed by atoms with Gasteiger partial charge in [0, 0.05) is 17.8 Å². The number of rotatable bonds is 1. The van der Waals surface area contributed by atoms with Gasteiger partial charge in [0.1, 0.15) is 25.1 Å². The lowest BCUT2D eigenvalue weighted by Crippen LogP contribution is -2.64. The SMILES string of the molecule is O=C1c2c(O)c(=O)ccn2N2CN1C1(/C=C/COc3ccccc3C2c2ccccc2)CCC1. The van der Waals surface area contributed by atoms with Gasteiger partial charge < -0.3 is 14.7 Å². The number of hydrogen-bond donors (Lipinski definition) is 1. The number of amides is 1. The summed E-state index contributed by atoms with van der Waals surface area (Å²) in [6, 6.07) is 18.9. The van der Waals surface area contributed by atoms with Crippen molar-refractivity contribution in [3.05, 3.63) is 106 Å². The van der Waals surface area contributed by atoms with Crippen LogP contribution in [0.25, 0.3) is 0 Å². The van der Waals surface area contributed by atoms with Gasteiger partial charge in [-0.05, 0) is 37.0 Å². The molecule has 1 saturated carbocycles. The second-order valence-corrected chi connectivity index (χ2v) is 9.06. The van der Waals surface area contributed by atoms with Crippen molar-refractivity contribution in [2.45, 2.75) is 30.8 Å². The molecule has 1 unspecified atom stereocenters. The highest BCUT2D eigenvalue weighted by atomic mass is 16.5. The van der Waals surface area contributed by atoms with E-state index in [4.69, 9.17) is 4.74 Å². The van der Waals surface area contributed by atoms with E-state index in [1.54, 1.807) is 10.9 Å². The summed E-state index contributed by atoms with van der Waals surface area (Å²) in [4.78, 5) is 28.0. The Morgan fingerprint density at radius 3 is 2.50 bits per heavy atom. The first kappa shape index (κ1) is 20.6. The first-order valence-electron chi connectivity index (χ1n) is 11.6. The number of aromatic hydroxyl groups is 1. The number of nitrogens with zero attached hydrogens (tertiary/aromatic N) is 3. The predicted octanol–water partition coefficient (Wildman–Crippen LogP) is 3.57. The molecule has 7 heteroatoms. The lowest BCUT2D eigenvalue weighted by molar-refractivity contribution is 0.0255. The monoisotopic (exact) mass is 455 g/mol. The fourth-order valence-corrected chi connectivity index (χ4v) is 5.34. The Bertz CT molecular complexity index is 1340. The number of hydrogen-bond acceptors (Lipinski definition) is 5. The van der Waals surface area contributed by atoms with Crippen LogP contribution in [-0.4, -0.2) is 39.4 Å². The van der Waals surface area contributed by atoms with Gasteiger partial charge in [-0.25, -0.2) is 0 Å². The van der Waals surface area contributed by atoms with Crippen LogP contribution in [0.15, 0.2) is 83.8 Å². The molecule has 1 aliphatic carbocycles. The molecule has 3 aliphatic rings. The summed E-state index contributed by atoms with van der Waals surface area (Å²) in [6.07, 6.45) is 8.27. The van der Waals surface area contributed by atoms with Gasteiger partial charge in [0.2, 0.25) is 5.43 Å². The molecule has 0 saturated heterocycles. The van der Waals surface area contributed by atoms with Crippen molar-refractivity contribution in [1.82, 2.24) is 9.58 Å². The van der Waals surface area contributed by atoms with Gasteiger partial charge in [0.25, 0.3) is 5.91 Å². The van der Waals surface area contributed by atoms with Crippen LogP contribution in [0.4, 0.5) is 0 Å². The molecule has 2 aliphatic heterocycles. The predicted molar refractivity (Wildman–Crippen MR) is 128 cm³/mol. The number of pyridine rings is 1. The molecule has 1 spiro atoms. The molecule has 172 valence electrons. The van der Waals surface area contributed by atoms with E-state index in [2.05, 4.69) is 6.08 Å². The Morgan fingerprint density at radius 1 is 0.971 bits per heavy atom. The van der Waals surface area contributed by atoms with E-state index in [-0.39, 0.29) is 17.6 Å². The number of fused-ring (bicyclic) bond motifs is 6. The summed E-state index contributed by atoms with van der Waals surface area (Å²) in [6.45, 7) is 0.685. The maximum Gasteiger partial charge on any atom is 0.278 e. The van der Waals surface area contributed by atoms with Crippen molar-refractivity contribution < 1.29 is 14.6 Å². The number of carbonyl (C=O) groups is 1. The maximum absolute atomic E-state index is 13.8. The third-order valence-corrected chi connectivity index (χ3v) is 7.21. The molecule has 1 atom stereocenters. The highest BCUT2D eigenvalue weighted by Gasteiger charge is 2.48. The first-order valence-corrected chi connectivity index (χ1v) is 11.6. The molecule has 3 aromatic rings. The topological polar surface area (TPSA) is 75.0 Å². The number of ether oxygens (including phenoxy) is 1. The van der Waals surface area contributed by atoms with Gasteiger partial charge >= 0.3 is 0 Å². The van der Waals surface area contributed by atoms with Crippen LogP contribution < -0.4 is 15.2 Å². The van der Waals surface area contributed by atoms with Crippen molar-refractivity contribution in [1.29, 1.82) is 0 Å². The van der Waals surface area contributed by atoms with Gasteiger partial charge in [0.15, 0.2) is 11.4 Å². The summed E-state index contributed by atoms with van der Waals surface area (Å²) in [5, 5.41) is 12.8. The molecule has 1 amide bonds. The highest BCUT2D eigenvalue weighted by Crippen LogP contribution is 2.44. The zero-order valence-corrected chi connectivity index (χ0v) is 18.6. The minimum atomic E-state index is -0.566. The first-order chi connectivity index (χ1) is 16.6. The standard InChI is InChI=1S/C27H25N3O4/c31-21-12-16-29-24(25(21)32)26(33)28-18-30(29)23(19-8-2-1-3-9-19)20-10-4-5-11-22(20)34-17-7-15-27(28)13-6-14-27/h1-5,7-12,15-16,23,32H,6,13-14,17-18H2/b15-7+. The smallest absolute Gasteiger partial charge is 0.278 e. The van der Waals surface area contributed by atoms with Gasteiger partial charge in [-0.15, -0.1) is 0 Å². The van der Waals surface area contributed by atoms with Crippen molar-refractivity contribution in [3.8, 4) is 11.5 Å². The van der Waals surface area contributed by atoms with Crippen molar-refractivity contribution in [2.75, 3.05) is 18.3 Å². The number of para-hydroxylation sites is 1. The van der Waals surface area contributed by atoms with Crippen molar-refractivity contribution in [3.63, 3.8) is 0 Å². The summed E-state index contributed by atoms with van der Waals surface area (Å²) >= 11 is 0. The van der Waals surface area contributed by atoms with Gasteiger partial charge in [-0.3, -0.25) is 19.3 Å². The Morgan fingerprint density at radius 2 is 1.74 bits per heavy atom. The van der Waals surface area contributed by atoms with E-state index in [1.165, 1.54) is 6.07 Å². The molecular formula is C27H25N3O4. The zero-order chi connectivity index (χ0) is 23.3. The van der Waals surface area contributed by atoms with Crippen LogP contribution in [-0.2, 0) is 0 Å². The molecule has 7 nitrogen and oxygen atoms in total. The fourth-order valence-electron chi connectivity index (χ4n) is 5.34. The Hall–Kier alpha value is -4.00. The summed E-state index contributed by atoms with van der Waals surface area (Å²) in [7, 11) is 0. The second-order valence-electron chi connectivity index (χ2n) is 9.06. The average molecular weight is 456 g/mol. The van der Waals surface area contributed by atoms with Gasteiger partial charge in [0.05, 0.1) is 5.54 Å². The lowest BCUT2D eigenvalue weighted by atomic mass is 9.74. The molecular weight excluding hydrogens is 430 g/mol. The maximum atomic E-state index is 13.8. The van der Waals surface area contributed by atoms with E-state index in [0.717, 1.165) is 36.1 Å². The molecule has 2 bridgehead atoms. The molecule has 1 N–H and O–H groups in total. The Balaban J connectivity index is 1.65. The van der Waals surface area contributed by atoms with E-state index in [0.29, 0.717) is 13.3 Å². The Kier molecular flexibility index (Phi) is 4.72. The highest BCUT2D eigenvalue weighted by molar-refractivity contribution is 5.97. The quantitative estimate of drug-likeness (QED) is 0.568. The van der Waals surface area contributed by atoms with Crippen molar-refractivity contribution >= 4 is 5.91 Å². The molecule has 34 heavy (non-hydrogen) atoms. The van der Waals surface area contributed by atoms with Gasteiger partial charge in [-0.1, -0.05) is 54.6 Å². The molecule has 1 fully saturated rings. The third kappa shape index (κ3) is 3.04. The molecule has 0 radical (unpaired) electrons. The minimum absolute atomic E-state index is 0.00278. The summed E-state index contributed by atoms with van der Waals surface area (Å²) in [5.74, 6) is -0.108. The van der Waals surface area contributed by atoms with Crippen LogP contribution in [0.2, 0.25) is 0 Å². The van der Waals surface area contributed by atoms with Crippen LogP contribution >= 0.6 is 0 Å². The molecule has 6 rings (SSSR count). The number of benzene rings is 2. The molecule has 1 aromatic heterocycles. The van der Waals surface area contributed by atoms with E-state index in [1.807, 2.05) is 70.6 Å². The summed E-state index contributed by atoms with van der Waals surface area (Å²) < 4.78 is 7.85. The number of aromatic nitrogens is 1. The molecule has 3 heterocycles. The fraction of sp³-hybridized carbons (Fsp3) is 0.259.